The fraction of sp³-hybridized carbons (Fsp3) is 0.462. The van der Waals surface area contributed by atoms with Gasteiger partial charge < -0.3 is 5.11 Å². The molecule has 2 rings (SSSR count). The SMILES string of the molecule is CC(O)(c1cc(F)cc(F)c1)C1(C#N)CCS(=O)(=O)C1. The number of hydrogen-bond donors (Lipinski definition) is 1. The van der Waals surface area contributed by atoms with Crippen molar-refractivity contribution in [2.24, 2.45) is 5.41 Å². The molecule has 1 heterocycles. The standard InChI is InChI=1S/C13H13F2NO3S/c1-12(17,9-4-10(14)6-11(15)5-9)13(7-16)2-3-20(18,19)8-13/h4-6,17H,2-3,8H2,1H3. The Balaban J connectivity index is 2.56. The van der Waals surface area contributed by atoms with Gasteiger partial charge in [0, 0.05) is 6.07 Å². The van der Waals surface area contributed by atoms with Crippen LogP contribution in [0.5, 0.6) is 0 Å². The Labute approximate surface area is 115 Å². The van der Waals surface area contributed by atoms with E-state index < -0.39 is 38.2 Å². The Morgan fingerprint density at radius 1 is 1.35 bits per heavy atom. The highest BCUT2D eigenvalue weighted by Crippen LogP contribution is 2.47. The summed E-state index contributed by atoms with van der Waals surface area (Å²) in [5, 5.41) is 19.9. The number of nitriles is 1. The van der Waals surface area contributed by atoms with Gasteiger partial charge in [0.2, 0.25) is 0 Å². The van der Waals surface area contributed by atoms with Crippen molar-refractivity contribution in [1.82, 2.24) is 0 Å². The lowest BCUT2D eigenvalue weighted by Gasteiger charge is -2.36. The van der Waals surface area contributed by atoms with Crippen LogP contribution >= 0.6 is 0 Å². The Kier molecular flexibility index (Phi) is 3.35. The first-order valence-electron chi connectivity index (χ1n) is 5.93. The minimum Gasteiger partial charge on any atom is -0.384 e. The van der Waals surface area contributed by atoms with Gasteiger partial charge in [-0.1, -0.05) is 0 Å². The number of rotatable bonds is 2. The molecule has 1 N–H and O–H groups in total. The predicted octanol–water partition coefficient (Wildman–Crippen LogP) is 1.50. The zero-order chi connectivity index (χ0) is 15.2. The molecule has 2 unspecified atom stereocenters. The van der Waals surface area contributed by atoms with Gasteiger partial charge >= 0.3 is 0 Å². The molecule has 1 fully saturated rings. The molecule has 1 aromatic carbocycles. The maximum absolute atomic E-state index is 13.3. The van der Waals surface area contributed by atoms with Gasteiger partial charge in [-0.3, -0.25) is 0 Å². The van der Waals surface area contributed by atoms with Gasteiger partial charge in [-0.2, -0.15) is 5.26 Å². The average Bonchev–Trinajstić information content (AvgIpc) is 2.65. The molecule has 0 saturated carbocycles. The molecule has 0 radical (unpaired) electrons. The van der Waals surface area contributed by atoms with E-state index in [1.165, 1.54) is 6.92 Å². The minimum atomic E-state index is -3.45. The molecular formula is C13H13F2NO3S. The van der Waals surface area contributed by atoms with Gasteiger partial charge in [0.05, 0.1) is 17.6 Å². The summed E-state index contributed by atoms with van der Waals surface area (Å²) in [6, 6.07) is 4.30. The Morgan fingerprint density at radius 2 is 1.90 bits per heavy atom. The molecule has 0 aromatic heterocycles. The van der Waals surface area contributed by atoms with Crippen LogP contribution in [0.4, 0.5) is 8.78 Å². The summed E-state index contributed by atoms with van der Waals surface area (Å²) in [7, 11) is -3.45. The number of hydrogen-bond acceptors (Lipinski definition) is 4. The van der Waals surface area contributed by atoms with E-state index in [1.54, 1.807) is 0 Å². The zero-order valence-electron chi connectivity index (χ0n) is 10.7. The van der Waals surface area contributed by atoms with Crippen molar-refractivity contribution in [3.05, 3.63) is 35.4 Å². The first-order valence-corrected chi connectivity index (χ1v) is 7.75. The Hall–Kier alpha value is -1.52. The summed E-state index contributed by atoms with van der Waals surface area (Å²) in [5.41, 5.74) is -3.71. The third kappa shape index (κ3) is 2.30. The molecule has 0 amide bonds. The van der Waals surface area contributed by atoms with Crippen molar-refractivity contribution in [3.63, 3.8) is 0 Å². The molecule has 4 nitrogen and oxygen atoms in total. The predicted molar refractivity (Wildman–Crippen MR) is 67.2 cm³/mol. The smallest absolute Gasteiger partial charge is 0.152 e. The molecule has 1 saturated heterocycles. The second-order valence-corrected chi connectivity index (χ2v) is 7.45. The zero-order valence-corrected chi connectivity index (χ0v) is 11.5. The molecular weight excluding hydrogens is 288 g/mol. The van der Waals surface area contributed by atoms with Crippen LogP contribution in [-0.2, 0) is 15.4 Å². The number of sulfone groups is 1. The fourth-order valence-corrected chi connectivity index (χ4v) is 4.59. The molecule has 1 aromatic rings. The Bertz CT molecular complexity index is 674. The lowest BCUT2D eigenvalue weighted by Crippen LogP contribution is -2.43. The molecule has 108 valence electrons. The topological polar surface area (TPSA) is 78.2 Å². The van der Waals surface area contributed by atoms with Crippen molar-refractivity contribution < 1.29 is 22.3 Å². The number of benzene rings is 1. The van der Waals surface area contributed by atoms with E-state index in [2.05, 4.69) is 0 Å². The van der Waals surface area contributed by atoms with Crippen molar-refractivity contribution in [2.75, 3.05) is 11.5 Å². The number of halogens is 2. The highest BCUT2D eigenvalue weighted by atomic mass is 32.2. The van der Waals surface area contributed by atoms with Crippen LogP contribution in [0.3, 0.4) is 0 Å². The molecule has 7 heteroatoms. The van der Waals surface area contributed by atoms with Crippen LogP contribution in [0.2, 0.25) is 0 Å². The van der Waals surface area contributed by atoms with Crippen molar-refractivity contribution >= 4 is 9.84 Å². The van der Waals surface area contributed by atoms with E-state index in [-0.39, 0.29) is 17.7 Å². The summed E-state index contributed by atoms with van der Waals surface area (Å²) < 4.78 is 49.8. The van der Waals surface area contributed by atoms with Crippen molar-refractivity contribution in [3.8, 4) is 6.07 Å². The molecule has 0 spiro atoms. The minimum absolute atomic E-state index is 0.0725. The van der Waals surface area contributed by atoms with Crippen LogP contribution < -0.4 is 0 Å². The summed E-state index contributed by atoms with van der Waals surface area (Å²) in [5.74, 6) is -2.54. The maximum Gasteiger partial charge on any atom is 0.152 e. The molecule has 2 atom stereocenters. The van der Waals surface area contributed by atoms with Crippen molar-refractivity contribution in [1.29, 1.82) is 5.26 Å². The van der Waals surface area contributed by atoms with E-state index in [4.69, 9.17) is 0 Å². The number of nitrogens with zero attached hydrogens (tertiary/aromatic N) is 1. The van der Waals surface area contributed by atoms with E-state index in [0.29, 0.717) is 6.07 Å². The van der Waals surface area contributed by atoms with Gasteiger partial charge in [-0.15, -0.1) is 0 Å². The second kappa shape index (κ2) is 4.50. The van der Waals surface area contributed by atoms with Gasteiger partial charge in [0.1, 0.15) is 22.7 Å². The van der Waals surface area contributed by atoms with Crippen LogP contribution in [-0.4, -0.2) is 25.0 Å². The van der Waals surface area contributed by atoms with Crippen molar-refractivity contribution in [2.45, 2.75) is 18.9 Å². The van der Waals surface area contributed by atoms with Gasteiger partial charge in [-0.25, -0.2) is 17.2 Å². The fourth-order valence-electron chi connectivity index (χ4n) is 2.54. The highest BCUT2D eigenvalue weighted by molar-refractivity contribution is 7.91. The monoisotopic (exact) mass is 301 g/mol. The molecule has 0 bridgehead atoms. The van der Waals surface area contributed by atoms with Crippen LogP contribution in [0, 0.1) is 28.4 Å². The number of aliphatic hydroxyl groups is 1. The third-order valence-corrected chi connectivity index (χ3v) is 5.64. The second-order valence-electron chi connectivity index (χ2n) is 5.27. The average molecular weight is 301 g/mol. The summed E-state index contributed by atoms with van der Waals surface area (Å²) in [4.78, 5) is 0. The summed E-state index contributed by atoms with van der Waals surface area (Å²) in [6.45, 7) is 1.21. The highest BCUT2D eigenvalue weighted by Gasteiger charge is 2.55. The van der Waals surface area contributed by atoms with Gasteiger partial charge in [0.25, 0.3) is 0 Å². The quantitative estimate of drug-likeness (QED) is 0.898. The van der Waals surface area contributed by atoms with E-state index in [1.807, 2.05) is 6.07 Å². The normalized spacial score (nSPS) is 27.8. The van der Waals surface area contributed by atoms with E-state index in [0.717, 1.165) is 12.1 Å². The largest absolute Gasteiger partial charge is 0.384 e. The third-order valence-electron chi connectivity index (χ3n) is 3.88. The van der Waals surface area contributed by atoms with Crippen LogP contribution in [0.1, 0.15) is 18.9 Å². The lowest BCUT2D eigenvalue weighted by molar-refractivity contribution is -0.0327. The molecule has 0 aliphatic carbocycles. The van der Waals surface area contributed by atoms with E-state index >= 15 is 0 Å². The molecule has 1 aliphatic heterocycles. The first kappa shape index (κ1) is 14.9. The Morgan fingerprint density at radius 3 is 2.30 bits per heavy atom. The first-order chi connectivity index (χ1) is 9.12. The van der Waals surface area contributed by atoms with Crippen LogP contribution in [0.25, 0.3) is 0 Å². The van der Waals surface area contributed by atoms with Gasteiger partial charge in [0.15, 0.2) is 9.84 Å². The lowest BCUT2D eigenvalue weighted by atomic mass is 9.70. The van der Waals surface area contributed by atoms with Crippen LogP contribution in [0.15, 0.2) is 18.2 Å². The van der Waals surface area contributed by atoms with E-state index in [9.17, 15) is 27.6 Å². The molecule has 1 aliphatic rings. The maximum atomic E-state index is 13.3. The summed E-state index contributed by atoms with van der Waals surface area (Å²) >= 11 is 0. The van der Waals surface area contributed by atoms with Gasteiger partial charge in [-0.05, 0) is 31.0 Å². The summed E-state index contributed by atoms with van der Waals surface area (Å²) in [6.07, 6.45) is -0.0725. The molecule has 20 heavy (non-hydrogen) atoms.